The second kappa shape index (κ2) is 24.8. The van der Waals surface area contributed by atoms with Crippen LogP contribution in [0.4, 0.5) is 0 Å². The molecule has 0 amide bonds. The Balaban J connectivity index is 3.26. The van der Waals surface area contributed by atoms with Gasteiger partial charge in [0.05, 0.1) is 12.7 Å². The molecule has 4 heteroatoms. The van der Waals surface area contributed by atoms with Crippen LogP contribution in [0.5, 0.6) is 0 Å². The molecule has 0 spiro atoms. The van der Waals surface area contributed by atoms with E-state index in [2.05, 4.69) is 18.8 Å². The molecule has 0 radical (unpaired) electrons. The second-order valence-electron chi connectivity index (χ2n) is 8.81. The van der Waals surface area contributed by atoms with Gasteiger partial charge in [0.2, 0.25) is 0 Å². The van der Waals surface area contributed by atoms with Gasteiger partial charge in [0.15, 0.2) is 0 Å². The molecule has 0 saturated carbocycles. The molecule has 0 heterocycles. The molecular formula is C26H53NO3. The fourth-order valence-electron chi connectivity index (χ4n) is 3.62. The van der Waals surface area contributed by atoms with E-state index in [-0.39, 0.29) is 6.61 Å². The number of aliphatic hydroxyl groups excluding tert-OH is 2. The van der Waals surface area contributed by atoms with E-state index in [0.29, 0.717) is 19.8 Å². The van der Waals surface area contributed by atoms with Crippen LogP contribution in [0.1, 0.15) is 116 Å². The van der Waals surface area contributed by atoms with Crippen molar-refractivity contribution in [2.45, 2.75) is 122 Å². The molecule has 0 aromatic rings. The Kier molecular flexibility index (Phi) is 24.5. The van der Waals surface area contributed by atoms with Gasteiger partial charge in [0.25, 0.3) is 0 Å². The van der Waals surface area contributed by atoms with Crippen LogP contribution in [-0.4, -0.2) is 49.2 Å². The van der Waals surface area contributed by atoms with Crippen LogP contribution in [0.15, 0.2) is 12.2 Å². The largest absolute Gasteiger partial charge is 0.396 e. The van der Waals surface area contributed by atoms with Gasteiger partial charge >= 0.3 is 0 Å². The second-order valence-corrected chi connectivity index (χ2v) is 8.81. The Hall–Kier alpha value is -0.420. The van der Waals surface area contributed by atoms with Crippen molar-refractivity contribution in [3.05, 3.63) is 12.2 Å². The normalized spacial score (nSPS) is 12.4. The van der Waals surface area contributed by atoms with E-state index in [9.17, 15) is 5.11 Å². The third-order valence-electron chi connectivity index (χ3n) is 5.75. The van der Waals surface area contributed by atoms with Gasteiger partial charge in [-0.1, -0.05) is 103 Å². The minimum Gasteiger partial charge on any atom is -0.396 e. The van der Waals surface area contributed by atoms with E-state index in [1.807, 2.05) is 0 Å². The van der Waals surface area contributed by atoms with Crippen molar-refractivity contribution in [3.63, 3.8) is 0 Å². The van der Waals surface area contributed by atoms with Crippen molar-refractivity contribution in [2.75, 3.05) is 32.9 Å². The Morgan fingerprint density at radius 1 is 0.767 bits per heavy atom. The lowest BCUT2D eigenvalue weighted by Crippen LogP contribution is -2.30. The fraction of sp³-hybridized carbons (Fsp3) is 0.923. The zero-order valence-corrected chi connectivity index (χ0v) is 20.1. The Bertz CT molecular complexity index is 349. The van der Waals surface area contributed by atoms with Crippen molar-refractivity contribution in [1.29, 1.82) is 0 Å². The molecule has 4 nitrogen and oxygen atoms in total. The quantitative estimate of drug-likeness (QED) is 0.121. The number of hydrogen-bond acceptors (Lipinski definition) is 4. The highest BCUT2D eigenvalue weighted by atomic mass is 16.5. The average Bonchev–Trinajstić information content (AvgIpc) is 2.75. The lowest BCUT2D eigenvalue weighted by Gasteiger charge is -2.15. The topological polar surface area (TPSA) is 61.7 Å². The maximum Gasteiger partial charge on any atom is 0.0893 e. The number of nitrogens with one attached hydrogen (secondary N) is 1. The third-order valence-corrected chi connectivity index (χ3v) is 5.75. The summed E-state index contributed by atoms with van der Waals surface area (Å²) in [6, 6.07) is 0. The Morgan fingerprint density at radius 3 is 1.83 bits per heavy atom. The summed E-state index contributed by atoms with van der Waals surface area (Å²) in [7, 11) is 0. The van der Waals surface area contributed by atoms with Crippen LogP contribution >= 0.6 is 0 Å². The zero-order chi connectivity index (χ0) is 22.1. The number of rotatable bonds is 25. The summed E-state index contributed by atoms with van der Waals surface area (Å²) in [5, 5.41) is 22.2. The molecule has 30 heavy (non-hydrogen) atoms. The molecule has 0 aliphatic carbocycles. The summed E-state index contributed by atoms with van der Waals surface area (Å²) < 4.78 is 5.58. The van der Waals surface area contributed by atoms with Crippen molar-refractivity contribution in [2.24, 2.45) is 0 Å². The summed E-state index contributed by atoms with van der Waals surface area (Å²) in [5.41, 5.74) is 0.753. The molecule has 3 N–H and O–H groups in total. The molecule has 0 fully saturated rings. The molecule has 1 unspecified atom stereocenters. The van der Waals surface area contributed by atoms with E-state index in [4.69, 9.17) is 9.84 Å². The maximum absolute atomic E-state index is 10.1. The van der Waals surface area contributed by atoms with Crippen LogP contribution in [0.3, 0.4) is 0 Å². The predicted molar refractivity (Wildman–Crippen MR) is 130 cm³/mol. The molecule has 0 rings (SSSR count). The number of ether oxygens (including phenoxy) is 1. The summed E-state index contributed by atoms with van der Waals surface area (Å²) in [6.45, 7) is 9.16. The molecule has 0 aliphatic heterocycles. The van der Waals surface area contributed by atoms with Crippen molar-refractivity contribution in [3.8, 4) is 0 Å². The smallest absolute Gasteiger partial charge is 0.0893 e. The number of unbranched alkanes of at least 4 members (excludes halogenated alkanes) is 15. The van der Waals surface area contributed by atoms with E-state index in [1.54, 1.807) is 0 Å². The first kappa shape index (κ1) is 29.6. The summed E-state index contributed by atoms with van der Waals surface area (Å²) >= 11 is 0. The van der Waals surface area contributed by atoms with Gasteiger partial charge in [-0.05, 0) is 31.4 Å². The minimum atomic E-state index is -0.527. The lowest BCUT2D eigenvalue weighted by atomic mass is 10.0. The highest BCUT2D eigenvalue weighted by Crippen LogP contribution is 2.12. The summed E-state index contributed by atoms with van der Waals surface area (Å²) in [4.78, 5) is 0. The van der Waals surface area contributed by atoms with Crippen molar-refractivity contribution < 1.29 is 14.9 Å². The lowest BCUT2D eigenvalue weighted by molar-refractivity contribution is 0.123. The number of aliphatic hydroxyl groups is 2. The zero-order valence-electron chi connectivity index (χ0n) is 20.1. The van der Waals surface area contributed by atoms with E-state index in [0.717, 1.165) is 37.8 Å². The minimum absolute atomic E-state index is 0.274. The van der Waals surface area contributed by atoms with E-state index < -0.39 is 6.10 Å². The highest BCUT2D eigenvalue weighted by molar-refractivity contribution is 5.02. The third kappa shape index (κ3) is 22.3. The van der Waals surface area contributed by atoms with E-state index in [1.165, 1.54) is 83.5 Å². The van der Waals surface area contributed by atoms with Gasteiger partial charge in [0, 0.05) is 19.8 Å². The van der Waals surface area contributed by atoms with Crippen molar-refractivity contribution >= 4 is 0 Å². The first-order valence-corrected chi connectivity index (χ1v) is 13.0. The molecule has 180 valence electrons. The molecule has 0 aliphatic rings. The first-order valence-electron chi connectivity index (χ1n) is 13.0. The SMILES string of the molecule is C=C(COCCCCCCO)C(O)CNCCCCCCCCCCCCCCC. The first-order chi connectivity index (χ1) is 14.7. The molecule has 0 bridgehead atoms. The number of hydrogen-bond donors (Lipinski definition) is 3. The summed E-state index contributed by atoms with van der Waals surface area (Å²) in [5.74, 6) is 0. The Morgan fingerprint density at radius 2 is 1.27 bits per heavy atom. The summed E-state index contributed by atoms with van der Waals surface area (Å²) in [6.07, 6.45) is 21.3. The van der Waals surface area contributed by atoms with E-state index >= 15 is 0 Å². The van der Waals surface area contributed by atoms with Crippen LogP contribution in [-0.2, 0) is 4.74 Å². The van der Waals surface area contributed by atoms with Crippen LogP contribution in [0.2, 0.25) is 0 Å². The van der Waals surface area contributed by atoms with Gasteiger partial charge < -0.3 is 20.3 Å². The standard InChI is InChI=1S/C26H53NO3/c1-3-4-5-6-7-8-9-10-11-12-13-14-17-20-27-23-26(29)25(2)24-30-22-19-16-15-18-21-28/h26-29H,2-24H2,1H3. The predicted octanol–water partition coefficient (Wildman–Crippen LogP) is 6.15. The molecule has 0 saturated heterocycles. The van der Waals surface area contributed by atoms with Gasteiger partial charge in [-0.25, -0.2) is 0 Å². The van der Waals surface area contributed by atoms with Crippen molar-refractivity contribution in [1.82, 2.24) is 5.32 Å². The van der Waals surface area contributed by atoms with Crippen LogP contribution in [0, 0.1) is 0 Å². The highest BCUT2D eigenvalue weighted by Gasteiger charge is 2.08. The Labute approximate surface area is 187 Å². The maximum atomic E-state index is 10.1. The van der Waals surface area contributed by atoms with Gasteiger partial charge in [0.1, 0.15) is 0 Å². The van der Waals surface area contributed by atoms with Crippen LogP contribution in [0.25, 0.3) is 0 Å². The average molecular weight is 428 g/mol. The van der Waals surface area contributed by atoms with Crippen LogP contribution < -0.4 is 5.32 Å². The molecule has 0 aromatic carbocycles. The molecular weight excluding hydrogens is 374 g/mol. The fourth-order valence-corrected chi connectivity index (χ4v) is 3.62. The van der Waals surface area contributed by atoms with Gasteiger partial charge in [-0.3, -0.25) is 0 Å². The van der Waals surface area contributed by atoms with Gasteiger partial charge in [-0.15, -0.1) is 0 Å². The van der Waals surface area contributed by atoms with Gasteiger partial charge in [-0.2, -0.15) is 0 Å². The molecule has 0 aromatic heterocycles. The molecule has 1 atom stereocenters. The monoisotopic (exact) mass is 427 g/mol.